The summed E-state index contributed by atoms with van der Waals surface area (Å²) in [5.74, 6) is -0.954. The van der Waals surface area contributed by atoms with Gasteiger partial charge in [0.25, 0.3) is 5.91 Å². The van der Waals surface area contributed by atoms with Crippen LogP contribution in [-0.2, 0) is 14.3 Å². The maximum absolute atomic E-state index is 11.6. The Kier molecular flexibility index (Phi) is 5.83. The highest BCUT2D eigenvalue weighted by Gasteiger charge is 2.13. The van der Waals surface area contributed by atoms with Gasteiger partial charge in [-0.05, 0) is 24.6 Å². The smallest absolute Gasteiger partial charge is 0.308 e. The number of hydrogen-bond acceptors (Lipinski definition) is 3. The largest absolute Gasteiger partial charge is 0.455 e. The third kappa shape index (κ3) is 5.30. The molecule has 0 saturated carbocycles. The molecule has 0 spiro atoms. The van der Waals surface area contributed by atoms with Gasteiger partial charge in [-0.2, -0.15) is 0 Å². The van der Waals surface area contributed by atoms with E-state index < -0.39 is 0 Å². The fourth-order valence-electron chi connectivity index (χ4n) is 1.45. The summed E-state index contributed by atoms with van der Waals surface area (Å²) in [6, 6.07) is 7.05. The summed E-state index contributed by atoms with van der Waals surface area (Å²) in [6.45, 7) is 5.01. The maximum atomic E-state index is 11.6. The van der Waals surface area contributed by atoms with Crippen LogP contribution in [-0.4, -0.2) is 18.5 Å². The molecule has 1 atom stereocenters. The zero-order valence-electron chi connectivity index (χ0n) is 11.3. The van der Waals surface area contributed by atoms with E-state index >= 15 is 0 Å². The van der Waals surface area contributed by atoms with Crippen LogP contribution >= 0.6 is 11.6 Å². The Morgan fingerprint density at radius 1 is 1.32 bits per heavy atom. The van der Waals surface area contributed by atoms with E-state index in [0.717, 1.165) is 5.56 Å². The molecule has 0 saturated heterocycles. The van der Waals surface area contributed by atoms with Gasteiger partial charge in [0, 0.05) is 5.02 Å². The van der Waals surface area contributed by atoms with E-state index in [1.165, 1.54) is 0 Å². The van der Waals surface area contributed by atoms with Crippen LogP contribution < -0.4 is 5.32 Å². The van der Waals surface area contributed by atoms with Crippen molar-refractivity contribution in [3.63, 3.8) is 0 Å². The SMILES string of the molecule is CC(C)C(=O)OCC(=O)N[C@H](C)c1cccc(Cl)c1. The third-order valence-corrected chi connectivity index (χ3v) is 2.78. The lowest BCUT2D eigenvalue weighted by Gasteiger charge is -2.15. The zero-order chi connectivity index (χ0) is 14.4. The van der Waals surface area contributed by atoms with E-state index in [2.05, 4.69) is 5.32 Å². The van der Waals surface area contributed by atoms with Crippen LogP contribution in [0.25, 0.3) is 0 Å². The van der Waals surface area contributed by atoms with Gasteiger partial charge >= 0.3 is 5.97 Å². The Labute approximate surface area is 118 Å². The molecule has 0 aliphatic rings. The van der Waals surface area contributed by atoms with Gasteiger partial charge in [0.05, 0.1) is 12.0 Å². The molecule has 0 aromatic heterocycles. The third-order valence-electron chi connectivity index (χ3n) is 2.54. The van der Waals surface area contributed by atoms with Crippen molar-refractivity contribution in [2.24, 2.45) is 5.92 Å². The van der Waals surface area contributed by atoms with Crippen LogP contribution in [0.15, 0.2) is 24.3 Å². The Hall–Kier alpha value is -1.55. The molecule has 0 bridgehead atoms. The molecular formula is C14H18ClNO3. The number of rotatable bonds is 5. The Balaban J connectivity index is 2.46. The van der Waals surface area contributed by atoms with Crippen molar-refractivity contribution in [2.75, 3.05) is 6.61 Å². The first kappa shape index (κ1) is 15.5. The highest BCUT2D eigenvalue weighted by Crippen LogP contribution is 2.17. The molecule has 0 aliphatic carbocycles. The monoisotopic (exact) mass is 283 g/mol. The summed E-state index contributed by atoms with van der Waals surface area (Å²) in [5, 5.41) is 3.36. The highest BCUT2D eigenvalue weighted by molar-refractivity contribution is 6.30. The van der Waals surface area contributed by atoms with Crippen LogP contribution in [0.1, 0.15) is 32.4 Å². The summed E-state index contributed by atoms with van der Waals surface area (Å²) >= 11 is 5.88. The van der Waals surface area contributed by atoms with E-state index in [0.29, 0.717) is 5.02 Å². The second-order valence-corrected chi connectivity index (χ2v) is 5.04. The molecule has 0 heterocycles. The summed E-state index contributed by atoms with van der Waals surface area (Å²) in [5.41, 5.74) is 0.899. The van der Waals surface area contributed by atoms with Gasteiger partial charge in [0.2, 0.25) is 0 Å². The first-order chi connectivity index (χ1) is 8.90. The van der Waals surface area contributed by atoms with Crippen molar-refractivity contribution in [1.82, 2.24) is 5.32 Å². The Morgan fingerprint density at radius 2 is 2.00 bits per heavy atom. The average molecular weight is 284 g/mol. The second kappa shape index (κ2) is 7.14. The van der Waals surface area contributed by atoms with E-state index in [9.17, 15) is 9.59 Å². The number of esters is 1. The average Bonchev–Trinajstić information content (AvgIpc) is 2.35. The summed E-state index contributed by atoms with van der Waals surface area (Å²) in [6.07, 6.45) is 0. The lowest BCUT2D eigenvalue weighted by molar-refractivity contribution is -0.151. The van der Waals surface area contributed by atoms with E-state index in [4.69, 9.17) is 16.3 Å². The van der Waals surface area contributed by atoms with Crippen molar-refractivity contribution in [2.45, 2.75) is 26.8 Å². The first-order valence-electron chi connectivity index (χ1n) is 6.11. The highest BCUT2D eigenvalue weighted by atomic mass is 35.5. The number of benzene rings is 1. The number of carbonyl (C=O) groups is 2. The predicted octanol–water partition coefficient (Wildman–Crippen LogP) is 2.72. The van der Waals surface area contributed by atoms with Gasteiger partial charge in [-0.1, -0.05) is 37.6 Å². The van der Waals surface area contributed by atoms with Crippen molar-refractivity contribution < 1.29 is 14.3 Å². The lowest BCUT2D eigenvalue weighted by Crippen LogP contribution is -2.31. The fraction of sp³-hybridized carbons (Fsp3) is 0.429. The molecule has 0 radical (unpaired) electrons. The number of ether oxygens (including phenoxy) is 1. The van der Waals surface area contributed by atoms with Gasteiger partial charge in [-0.25, -0.2) is 0 Å². The number of amides is 1. The summed E-state index contributed by atoms with van der Waals surface area (Å²) < 4.78 is 4.85. The minimum absolute atomic E-state index is 0.191. The maximum Gasteiger partial charge on any atom is 0.308 e. The van der Waals surface area contributed by atoms with Crippen molar-refractivity contribution in [3.8, 4) is 0 Å². The van der Waals surface area contributed by atoms with Gasteiger partial charge in [0.15, 0.2) is 6.61 Å². The molecule has 1 amide bonds. The van der Waals surface area contributed by atoms with Crippen LogP contribution in [0.4, 0.5) is 0 Å². The molecule has 104 valence electrons. The fourth-order valence-corrected chi connectivity index (χ4v) is 1.64. The Morgan fingerprint density at radius 3 is 2.58 bits per heavy atom. The second-order valence-electron chi connectivity index (χ2n) is 4.61. The summed E-state index contributed by atoms with van der Waals surface area (Å²) in [7, 11) is 0. The predicted molar refractivity (Wildman–Crippen MR) is 73.8 cm³/mol. The van der Waals surface area contributed by atoms with Gasteiger partial charge in [-0.15, -0.1) is 0 Å². The van der Waals surface area contributed by atoms with Crippen LogP contribution in [0.2, 0.25) is 5.02 Å². The number of halogens is 1. The van der Waals surface area contributed by atoms with Crippen LogP contribution in [0.3, 0.4) is 0 Å². The molecule has 1 N–H and O–H groups in total. The molecular weight excluding hydrogens is 266 g/mol. The van der Waals surface area contributed by atoms with Crippen molar-refractivity contribution in [3.05, 3.63) is 34.9 Å². The summed E-state index contributed by atoms with van der Waals surface area (Å²) in [4.78, 5) is 22.8. The van der Waals surface area contributed by atoms with E-state index in [1.807, 2.05) is 19.1 Å². The Bertz CT molecular complexity index is 460. The topological polar surface area (TPSA) is 55.4 Å². The minimum Gasteiger partial charge on any atom is -0.455 e. The quantitative estimate of drug-likeness (QED) is 0.846. The molecule has 1 aromatic rings. The van der Waals surface area contributed by atoms with Crippen LogP contribution in [0, 0.1) is 5.92 Å². The van der Waals surface area contributed by atoms with E-state index in [1.54, 1.807) is 26.0 Å². The number of nitrogens with one attached hydrogen (secondary N) is 1. The van der Waals surface area contributed by atoms with Gasteiger partial charge < -0.3 is 10.1 Å². The first-order valence-corrected chi connectivity index (χ1v) is 6.49. The molecule has 0 fully saturated rings. The molecule has 19 heavy (non-hydrogen) atoms. The number of carbonyl (C=O) groups excluding carboxylic acids is 2. The molecule has 5 heteroatoms. The zero-order valence-corrected chi connectivity index (χ0v) is 12.0. The van der Waals surface area contributed by atoms with Gasteiger partial charge in [-0.3, -0.25) is 9.59 Å². The molecule has 0 unspecified atom stereocenters. The van der Waals surface area contributed by atoms with Crippen molar-refractivity contribution >= 4 is 23.5 Å². The minimum atomic E-state index is -0.384. The normalized spacial score (nSPS) is 12.1. The molecule has 4 nitrogen and oxygen atoms in total. The molecule has 1 aromatic carbocycles. The molecule has 0 aliphatic heterocycles. The van der Waals surface area contributed by atoms with Crippen molar-refractivity contribution in [1.29, 1.82) is 0 Å². The van der Waals surface area contributed by atoms with E-state index in [-0.39, 0.29) is 30.4 Å². The lowest BCUT2D eigenvalue weighted by atomic mass is 10.1. The number of hydrogen-bond donors (Lipinski definition) is 1. The standard InChI is InChI=1S/C14H18ClNO3/c1-9(2)14(18)19-8-13(17)16-10(3)11-5-4-6-12(15)7-11/h4-7,9-10H,8H2,1-3H3,(H,16,17)/t10-/m1/s1. The van der Waals surface area contributed by atoms with Crippen LogP contribution in [0.5, 0.6) is 0 Å². The molecule has 1 rings (SSSR count). The van der Waals surface area contributed by atoms with Gasteiger partial charge in [0.1, 0.15) is 0 Å².